The smallest absolute Gasteiger partial charge is 0.337 e. The van der Waals surface area contributed by atoms with Crippen LogP contribution in [0.5, 0.6) is 5.75 Å². The molecule has 0 spiro atoms. The Balaban J connectivity index is 1.48. The number of carbonyl (C=O) groups excluding carboxylic acids is 3. The molecule has 0 aromatic heterocycles. The fraction of sp³-hybridized carbons (Fsp3) is 0.250. The van der Waals surface area contributed by atoms with E-state index in [1.165, 1.54) is 7.11 Å². The lowest BCUT2D eigenvalue weighted by Gasteiger charge is -2.36. The normalized spacial score (nSPS) is 13.2. The van der Waals surface area contributed by atoms with Crippen molar-refractivity contribution in [1.82, 2.24) is 4.90 Å². The van der Waals surface area contributed by atoms with E-state index >= 15 is 0 Å². The Bertz CT molecular complexity index is 1220. The number of carbonyl (C=O) groups is 3. The standard InChI is InChI=1S/C28H29N3O5/c1-20(32)30-14-16-31(17-15-30)26-13-10-23(28(34)35-2)18-25(26)29-27(33)22-8-11-24(12-9-22)36-19-21-6-4-3-5-7-21/h3-13,18H,14-17,19H2,1-2H3,(H,29,33). The monoisotopic (exact) mass is 487 g/mol. The van der Waals surface area contributed by atoms with Gasteiger partial charge in [-0.15, -0.1) is 0 Å². The predicted molar refractivity (Wildman–Crippen MR) is 137 cm³/mol. The van der Waals surface area contributed by atoms with Gasteiger partial charge >= 0.3 is 5.97 Å². The Morgan fingerprint density at radius 2 is 1.53 bits per heavy atom. The van der Waals surface area contributed by atoms with E-state index in [1.54, 1.807) is 54.3 Å². The number of hydrogen-bond donors (Lipinski definition) is 1. The molecule has 0 aliphatic carbocycles. The third-order valence-corrected chi connectivity index (χ3v) is 6.10. The van der Waals surface area contributed by atoms with E-state index in [2.05, 4.69) is 10.2 Å². The largest absolute Gasteiger partial charge is 0.489 e. The SMILES string of the molecule is COC(=O)c1ccc(N2CCN(C(C)=O)CC2)c(NC(=O)c2ccc(OCc3ccccc3)cc2)c1. The zero-order valence-electron chi connectivity index (χ0n) is 20.4. The van der Waals surface area contributed by atoms with Crippen molar-refractivity contribution in [3.05, 3.63) is 89.5 Å². The molecule has 8 nitrogen and oxygen atoms in total. The van der Waals surface area contributed by atoms with E-state index in [-0.39, 0.29) is 11.8 Å². The molecule has 3 aromatic carbocycles. The second-order valence-corrected chi connectivity index (χ2v) is 8.47. The van der Waals surface area contributed by atoms with Gasteiger partial charge in [-0.25, -0.2) is 4.79 Å². The molecule has 186 valence electrons. The van der Waals surface area contributed by atoms with Gasteiger partial charge in [-0.05, 0) is 48.0 Å². The van der Waals surface area contributed by atoms with Crippen LogP contribution in [0.25, 0.3) is 0 Å². The summed E-state index contributed by atoms with van der Waals surface area (Å²) in [4.78, 5) is 40.8. The number of nitrogens with one attached hydrogen (secondary N) is 1. The number of rotatable bonds is 7. The Labute approximate surface area is 210 Å². The van der Waals surface area contributed by atoms with Crippen LogP contribution < -0.4 is 15.0 Å². The molecule has 0 atom stereocenters. The number of hydrogen-bond acceptors (Lipinski definition) is 6. The van der Waals surface area contributed by atoms with Crippen LogP contribution in [0.2, 0.25) is 0 Å². The lowest BCUT2D eigenvalue weighted by atomic mass is 10.1. The fourth-order valence-electron chi connectivity index (χ4n) is 4.06. The maximum Gasteiger partial charge on any atom is 0.337 e. The number of ether oxygens (including phenoxy) is 2. The molecule has 0 unspecified atom stereocenters. The molecule has 1 saturated heterocycles. The second kappa shape index (κ2) is 11.4. The van der Waals surface area contributed by atoms with Crippen LogP contribution in [0.1, 0.15) is 33.2 Å². The summed E-state index contributed by atoms with van der Waals surface area (Å²) in [6.45, 7) is 4.41. The van der Waals surface area contributed by atoms with Crippen molar-refractivity contribution in [3.8, 4) is 5.75 Å². The molecule has 1 heterocycles. The third-order valence-electron chi connectivity index (χ3n) is 6.10. The molecule has 8 heteroatoms. The van der Waals surface area contributed by atoms with Gasteiger partial charge in [0.15, 0.2) is 0 Å². The molecular formula is C28H29N3O5. The lowest BCUT2D eigenvalue weighted by Crippen LogP contribution is -2.48. The van der Waals surface area contributed by atoms with E-state index in [0.29, 0.717) is 55.3 Å². The highest BCUT2D eigenvalue weighted by Crippen LogP contribution is 2.29. The van der Waals surface area contributed by atoms with E-state index in [9.17, 15) is 14.4 Å². The van der Waals surface area contributed by atoms with Gasteiger partial charge in [-0.3, -0.25) is 9.59 Å². The summed E-state index contributed by atoms with van der Waals surface area (Å²) in [6.07, 6.45) is 0. The van der Waals surface area contributed by atoms with Crippen LogP contribution in [-0.2, 0) is 16.1 Å². The minimum atomic E-state index is -0.488. The molecule has 1 N–H and O–H groups in total. The van der Waals surface area contributed by atoms with E-state index in [1.807, 2.05) is 30.3 Å². The molecule has 2 amide bonds. The zero-order chi connectivity index (χ0) is 25.5. The van der Waals surface area contributed by atoms with Gasteiger partial charge in [0, 0.05) is 38.7 Å². The molecule has 0 saturated carbocycles. The molecule has 4 rings (SSSR count). The first kappa shape index (κ1) is 24.8. The Kier molecular flexibility index (Phi) is 7.85. The number of amides is 2. The van der Waals surface area contributed by atoms with Crippen LogP contribution in [0.4, 0.5) is 11.4 Å². The topological polar surface area (TPSA) is 88.2 Å². The maximum atomic E-state index is 13.1. The molecule has 0 radical (unpaired) electrons. The first-order valence-corrected chi connectivity index (χ1v) is 11.8. The van der Waals surface area contributed by atoms with E-state index in [0.717, 1.165) is 11.3 Å². The predicted octanol–water partition coefficient (Wildman–Crippen LogP) is 3.97. The summed E-state index contributed by atoms with van der Waals surface area (Å²) in [5.74, 6) is -0.0962. The van der Waals surface area contributed by atoms with Crippen molar-refractivity contribution >= 4 is 29.2 Å². The van der Waals surface area contributed by atoms with Crippen molar-refractivity contribution in [3.63, 3.8) is 0 Å². The fourth-order valence-corrected chi connectivity index (χ4v) is 4.06. The van der Waals surface area contributed by atoms with Gasteiger partial charge in [0.1, 0.15) is 12.4 Å². The highest BCUT2D eigenvalue weighted by molar-refractivity contribution is 6.07. The molecule has 1 aliphatic rings. The Hall–Kier alpha value is -4.33. The number of methoxy groups -OCH3 is 1. The average molecular weight is 488 g/mol. The minimum Gasteiger partial charge on any atom is -0.489 e. The van der Waals surface area contributed by atoms with Crippen LogP contribution in [0.3, 0.4) is 0 Å². The van der Waals surface area contributed by atoms with Crippen molar-refractivity contribution in [2.45, 2.75) is 13.5 Å². The summed E-state index contributed by atoms with van der Waals surface area (Å²) in [6, 6.07) is 21.8. The Morgan fingerprint density at radius 1 is 0.861 bits per heavy atom. The van der Waals surface area contributed by atoms with Crippen molar-refractivity contribution in [2.75, 3.05) is 43.5 Å². The zero-order valence-corrected chi connectivity index (χ0v) is 20.4. The highest BCUT2D eigenvalue weighted by Gasteiger charge is 2.22. The number of nitrogens with zero attached hydrogens (tertiary/aromatic N) is 2. The van der Waals surface area contributed by atoms with Crippen LogP contribution in [-0.4, -0.2) is 56.0 Å². The van der Waals surface area contributed by atoms with Gasteiger partial charge in [0.05, 0.1) is 24.0 Å². The van der Waals surface area contributed by atoms with Gasteiger partial charge in [-0.2, -0.15) is 0 Å². The van der Waals surface area contributed by atoms with Gasteiger partial charge in [-0.1, -0.05) is 30.3 Å². The summed E-state index contributed by atoms with van der Waals surface area (Å²) in [5, 5.41) is 2.95. The molecule has 1 aliphatic heterocycles. The molecule has 0 bridgehead atoms. The summed E-state index contributed by atoms with van der Waals surface area (Å²) in [7, 11) is 1.32. The average Bonchev–Trinajstić information content (AvgIpc) is 2.92. The number of esters is 1. The summed E-state index contributed by atoms with van der Waals surface area (Å²) < 4.78 is 10.7. The number of benzene rings is 3. The summed E-state index contributed by atoms with van der Waals surface area (Å²) in [5.41, 5.74) is 3.13. The highest BCUT2D eigenvalue weighted by atomic mass is 16.5. The first-order valence-electron chi connectivity index (χ1n) is 11.8. The van der Waals surface area contributed by atoms with Crippen LogP contribution in [0, 0.1) is 0 Å². The van der Waals surface area contributed by atoms with Gasteiger partial charge in [0.25, 0.3) is 5.91 Å². The first-order chi connectivity index (χ1) is 17.4. The van der Waals surface area contributed by atoms with Gasteiger partial charge < -0.3 is 24.6 Å². The molecule has 36 heavy (non-hydrogen) atoms. The molecular weight excluding hydrogens is 458 g/mol. The maximum absolute atomic E-state index is 13.1. The van der Waals surface area contributed by atoms with Crippen LogP contribution in [0.15, 0.2) is 72.8 Å². The van der Waals surface area contributed by atoms with Gasteiger partial charge in [0.2, 0.25) is 5.91 Å². The van der Waals surface area contributed by atoms with E-state index in [4.69, 9.17) is 9.47 Å². The van der Waals surface area contributed by atoms with Crippen molar-refractivity contribution < 1.29 is 23.9 Å². The van der Waals surface area contributed by atoms with Crippen molar-refractivity contribution in [2.24, 2.45) is 0 Å². The quantitative estimate of drug-likeness (QED) is 0.508. The second-order valence-electron chi connectivity index (χ2n) is 8.47. The summed E-state index contributed by atoms with van der Waals surface area (Å²) >= 11 is 0. The van der Waals surface area contributed by atoms with Crippen LogP contribution >= 0.6 is 0 Å². The number of piperazine rings is 1. The number of anilines is 2. The van der Waals surface area contributed by atoms with E-state index < -0.39 is 5.97 Å². The van der Waals surface area contributed by atoms with Crippen molar-refractivity contribution in [1.29, 1.82) is 0 Å². The minimum absolute atomic E-state index is 0.0420. The Morgan fingerprint density at radius 3 is 2.17 bits per heavy atom. The lowest BCUT2D eigenvalue weighted by molar-refractivity contribution is -0.129. The molecule has 3 aromatic rings. The third kappa shape index (κ3) is 6.02. The molecule has 1 fully saturated rings.